The Labute approximate surface area is 111 Å². The first-order valence-electron chi connectivity index (χ1n) is 6.24. The topological polar surface area (TPSA) is 55.3 Å². The average Bonchev–Trinajstić information content (AvgIpc) is 2.73. The Kier molecular flexibility index (Phi) is 3.43. The summed E-state index contributed by atoms with van der Waals surface area (Å²) >= 11 is 0. The molecule has 2 rings (SSSR count). The maximum absolute atomic E-state index is 14.7. The van der Waals surface area contributed by atoms with E-state index in [-0.39, 0.29) is 18.8 Å². The number of halogens is 1. The van der Waals surface area contributed by atoms with Gasteiger partial charge >= 0.3 is 6.09 Å². The first-order valence-corrected chi connectivity index (χ1v) is 6.24. The minimum absolute atomic E-state index is 0.0636. The largest absolute Gasteiger partial charge is 0.444 e. The summed E-state index contributed by atoms with van der Waals surface area (Å²) < 4.78 is 19.9. The zero-order valence-electron chi connectivity index (χ0n) is 11.4. The van der Waals surface area contributed by atoms with Crippen LogP contribution in [-0.4, -0.2) is 39.7 Å². The van der Waals surface area contributed by atoms with Gasteiger partial charge in [0.1, 0.15) is 5.60 Å². The van der Waals surface area contributed by atoms with Gasteiger partial charge in [-0.3, -0.25) is 0 Å². The lowest BCUT2D eigenvalue weighted by atomic mass is 10.1. The molecule has 1 aliphatic rings. The van der Waals surface area contributed by atoms with Gasteiger partial charge in [0.2, 0.25) is 0 Å². The van der Waals surface area contributed by atoms with Crippen LogP contribution in [0.3, 0.4) is 0 Å². The van der Waals surface area contributed by atoms with Crippen LogP contribution in [0.5, 0.6) is 0 Å². The summed E-state index contributed by atoms with van der Waals surface area (Å²) in [5, 5.41) is 0. The van der Waals surface area contributed by atoms with Crippen LogP contribution in [-0.2, 0) is 10.4 Å². The minimum atomic E-state index is -1.68. The fourth-order valence-corrected chi connectivity index (χ4v) is 1.97. The van der Waals surface area contributed by atoms with Crippen molar-refractivity contribution in [2.24, 2.45) is 0 Å². The van der Waals surface area contributed by atoms with Crippen LogP contribution >= 0.6 is 0 Å². The number of nitrogens with zero attached hydrogens (tertiary/aromatic N) is 3. The molecule has 0 aliphatic carbocycles. The molecule has 1 fully saturated rings. The van der Waals surface area contributed by atoms with Crippen LogP contribution in [0.15, 0.2) is 18.5 Å². The monoisotopic (exact) mass is 267 g/mol. The second-order valence-electron chi connectivity index (χ2n) is 5.69. The number of carbonyl (C=O) groups excluding carboxylic acids is 1. The molecule has 1 aromatic rings. The summed E-state index contributed by atoms with van der Waals surface area (Å²) in [4.78, 5) is 21.1. The van der Waals surface area contributed by atoms with Gasteiger partial charge in [-0.1, -0.05) is 0 Å². The Balaban J connectivity index is 2.06. The highest BCUT2D eigenvalue weighted by atomic mass is 19.1. The normalized spacial score (nSPS) is 23.5. The van der Waals surface area contributed by atoms with Crippen LogP contribution in [0.1, 0.15) is 33.0 Å². The van der Waals surface area contributed by atoms with Crippen LogP contribution in [0.25, 0.3) is 0 Å². The number of amides is 1. The number of carbonyl (C=O) groups is 1. The molecule has 5 nitrogen and oxygen atoms in total. The lowest BCUT2D eigenvalue weighted by molar-refractivity contribution is 0.0253. The summed E-state index contributed by atoms with van der Waals surface area (Å²) in [6.07, 6.45) is 2.69. The lowest BCUT2D eigenvalue weighted by Gasteiger charge is -2.25. The van der Waals surface area contributed by atoms with Crippen molar-refractivity contribution < 1.29 is 13.9 Å². The number of ether oxygens (including phenoxy) is 1. The summed E-state index contributed by atoms with van der Waals surface area (Å²) in [5.74, 6) is 0.126. The molecule has 2 heterocycles. The van der Waals surface area contributed by atoms with Crippen LogP contribution in [0, 0.1) is 0 Å². The number of aromatic nitrogens is 2. The Bertz CT molecular complexity index is 461. The second kappa shape index (κ2) is 4.75. The van der Waals surface area contributed by atoms with Gasteiger partial charge in [0.15, 0.2) is 11.5 Å². The van der Waals surface area contributed by atoms with Gasteiger partial charge < -0.3 is 9.64 Å². The van der Waals surface area contributed by atoms with Crippen molar-refractivity contribution in [3.8, 4) is 0 Å². The minimum Gasteiger partial charge on any atom is -0.444 e. The molecule has 1 aromatic heterocycles. The van der Waals surface area contributed by atoms with Gasteiger partial charge in [-0.25, -0.2) is 19.2 Å². The Morgan fingerprint density at radius 1 is 1.42 bits per heavy atom. The van der Waals surface area contributed by atoms with E-state index in [1.54, 1.807) is 26.8 Å². The predicted octanol–water partition coefficient (Wildman–Crippen LogP) is 2.28. The number of likely N-dealkylation sites (tertiary alicyclic amines) is 1. The van der Waals surface area contributed by atoms with Crippen LogP contribution < -0.4 is 0 Å². The molecule has 1 aliphatic heterocycles. The fraction of sp³-hybridized carbons (Fsp3) is 0.615. The molecule has 0 radical (unpaired) electrons. The van der Waals surface area contributed by atoms with Crippen molar-refractivity contribution in [1.82, 2.24) is 14.9 Å². The highest BCUT2D eigenvalue weighted by molar-refractivity contribution is 5.68. The SMILES string of the molecule is CC(C)(C)OC(=O)N1CCC(F)(c2ncccn2)C1. The van der Waals surface area contributed by atoms with Gasteiger partial charge in [-0.05, 0) is 26.8 Å². The van der Waals surface area contributed by atoms with Gasteiger partial charge in [-0.15, -0.1) is 0 Å². The summed E-state index contributed by atoms with van der Waals surface area (Å²) in [6, 6.07) is 1.63. The molecule has 0 aromatic carbocycles. The summed E-state index contributed by atoms with van der Waals surface area (Å²) in [7, 11) is 0. The van der Waals surface area contributed by atoms with Crippen molar-refractivity contribution in [3.05, 3.63) is 24.3 Å². The first-order chi connectivity index (χ1) is 8.80. The highest BCUT2D eigenvalue weighted by Gasteiger charge is 2.45. The van der Waals surface area contributed by atoms with Crippen molar-refractivity contribution in [1.29, 1.82) is 0 Å². The van der Waals surface area contributed by atoms with E-state index in [9.17, 15) is 9.18 Å². The van der Waals surface area contributed by atoms with Gasteiger partial charge in [0.05, 0.1) is 6.54 Å². The zero-order valence-corrected chi connectivity index (χ0v) is 11.4. The van der Waals surface area contributed by atoms with Crippen molar-refractivity contribution in [2.45, 2.75) is 38.5 Å². The Morgan fingerprint density at radius 2 is 2.05 bits per heavy atom. The molecule has 0 bridgehead atoms. The van der Waals surface area contributed by atoms with Crippen molar-refractivity contribution in [2.75, 3.05) is 13.1 Å². The van der Waals surface area contributed by atoms with E-state index < -0.39 is 17.4 Å². The van der Waals surface area contributed by atoms with Gasteiger partial charge in [-0.2, -0.15) is 0 Å². The maximum Gasteiger partial charge on any atom is 0.410 e. The quantitative estimate of drug-likeness (QED) is 0.783. The summed E-state index contributed by atoms with van der Waals surface area (Å²) in [6.45, 7) is 5.59. The molecule has 0 saturated carbocycles. The third-order valence-electron chi connectivity index (χ3n) is 2.84. The second-order valence-corrected chi connectivity index (χ2v) is 5.69. The van der Waals surface area contributed by atoms with Gasteiger partial charge in [0.25, 0.3) is 0 Å². The van der Waals surface area contributed by atoms with Crippen molar-refractivity contribution >= 4 is 6.09 Å². The number of hydrogen-bond donors (Lipinski definition) is 0. The molecule has 0 spiro atoms. The van der Waals surface area contributed by atoms with Crippen LogP contribution in [0.2, 0.25) is 0 Å². The molecule has 1 unspecified atom stereocenters. The van der Waals surface area contributed by atoms with E-state index in [2.05, 4.69) is 9.97 Å². The molecular formula is C13H18FN3O2. The average molecular weight is 267 g/mol. The predicted molar refractivity (Wildman–Crippen MR) is 67.2 cm³/mol. The molecule has 1 saturated heterocycles. The lowest BCUT2D eigenvalue weighted by Crippen LogP contribution is -2.37. The molecular weight excluding hydrogens is 249 g/mol. The van der Waals surface area contributed by atoms with E-state index in [4.69, 9.17) is 4.74 Å². The van der Waals surface area contributed by atoms with E-state index in [1.165, 1.54) is 17.3 Å². The molecule has 1 atom stereocenters. The van der Waals surface area contributed by atoms with Crippen LogP contribution in [0.4, 0.5) is 9.18 Å². The zero-order chi connectivity index (χ0) is 14.1. The summed E-state index contributed by atoms with van der Waals surface area (Å²) in [5.41, 5.74) is -2.26. The number of alkyl halides is 1. The van der Waals surface area contributed by atoms with E-state index in [0.717, 1.165) is 0 Å². The molecule has 104 valence electrons. The maximum atomic E-state index is 14.7. The molecule has 19 heavy (non-hydrogen) atoms. The standard InChI is InChI=1S/C13H18FN3O2/c1-12(2,3)19-11(18)17-8-5-13(14,9-17)10-15-6-4-7-16-10/h4,6-7H,5,8-9H2,1-3H3. The highest BCUT2D eigenvalue weighted by Crippen LogP contribution is 2.34. The molecule has 6 heteroatoms. The molecule has 0 N–H and O–H groups in total. The van der Waals surface area contributed by atoms with Gasteiger partial charge in [0, 0.05) is 25.4 Å². The fourth-order valence-electron chi connectivity index (χ4n) is 1.97. The van der Waals surface area contributed by atoms with Crippen molar-refractivity contribution in [3.63, 3.8) is 0 Å². The van der Waals surface area contributed by atoms with E-state index in [1.807, 2.05) is 0 Å². The Hall–Kier alpha value is -1.72. The number of rotatable bonds is 1. The third kappa shape index (κ3) is 3.19. The van der Waals surface area contributed by atoms with E-state index >= 15 is 0 Å². The van der Waals surface area contributed by atoms with E-state index in [0.29, 0.717) is 6.54 Å². The number of hydrogen-bond acceptors (Lipinski definition) is 4. The Morgan fingerprint density at radius 3 is 2.63 bits per heavy atom. The third-order valence-corrected chi connectivity index (χ3v) is 2.84. The smallest absolute Gasteiger partial charge is 0.410 e. The first kappa shape index (κ1) is 13.7. The molecule has 1 amide bonds.